The van der Waals surface area contributed by atoms with Gasteiger partial charge in [0.1, 0.15) is 23.1 Å². The number of aliphatic hydroxyl groups is 1. The van der Waals surface area contributed by atoms with Gasteiger partial charge in [0.15, 0.2) is 17.3 Å². The second-order valence-corrected chi connectivity index (χ2v) is 8.06. The maximum Gasteiger partial charge on any atom is 0.203 e. The van der Waals surface area contributed by atoms with Gasteiger partial charge in [0.05, 0.1) is 45.9 Å². The number of hydrazone groups is 1. The van der Waals surface area contributed by atoms with E-state index in [0.717, 1.165) is 17.0 Å². The second kappa shape index (κ2) is 9.84. The van der Waals surface area contributed by atoms with Crippen LogP contribution in [0.1, 0.15) is 10.6 Å². The van der Waals surface area contributed by atoms with Crippen molar-refractivity contribution >= 4 is 29.0 Å². The van der Waals surface area contributed by atoms with Gasteiger partial charge in [0.25, 0.3) is 0 Å². The summed E-state index contributed by atoms with van der Waals surface area (Å²) in [6.45, 7) is 0.0759. The van der Waals surface area contributed by atoms with Crippen molar-refractivity contribution in [1.82, 2.24) is 9.99 Å². The zero-order valence-electron chi connectivity index (χ0n) is 19.2. The molecule has 4 rings (SSSR count). The standard InChI is InChI=1S/C24H24N4O5S/c1-30-16-7-5-15(6-8-16)17-13-34-24(27-17)21-18(29)12-28(23(21)25)26-11-14-9-19(31-2)22(33-4)20(10-14)32-3/h5-11,13,25,29H,12H2,1-4H3. The molecule has 0 saturated carbocycles. The molecule has 0 amide bonds. The largest absolute Gasteiger partial charge is 0.509 e. The van der Waals surface area contributed by atoms with E-state index in [1.54, 1.807) is 25.5 Å². The molecule has 1 aliphatic rings. The van der Waals surface area contributed by atoms with Crippen molar-refractivity contribution in [3.63, 3.8) is 0 Å². The van der Waals surface area contributed by atoms with Crippen molar-refractivity contribution in [2.75, 3.05) is 35.0 Å². The van der Waals surface area contributed by atoms with Crippen LogP contribution < -0.4 is 18.9 Å². The number of benzene rings is 2. The fourth-order valence-corrected chi connectivity index (χ4v) is 4.38. The SMILES string of the molecule is COc1ccc(-c2csc(C3=C(O)CN(N=Cc4cc(OC)c(OC)c(OC)c4)C3=N)n2)cc1. The van der Waals surface area contributed by atoms with Crippen LogP contribution in [0.4, 0.5) is 0 Å². The smallest absolute Gasteiger partial charge is 0.203 e. The Labute approximate surface area is 201 Å². The molecule has 2 heterocycles. The Bertz CT molecular complexity index is 1240. The van der Waals surface area contributed by atoms with E-state index in [1.165, 1.54) is 37.7 Å². The van der Waals surface area contributed by atoms with Gasteiger partial charge in [0.2, 0.25) is 5.75 Å². The average Bonchev–Trinajstić information content (AvgIpc) is 3.45. The van der Waals surface area contributed by atoms with Gasteiger partial charge in [0, 0.05) is 16.5 Å². The third-order valence-electron chi connectivity index (χ3n) is 5.22. The average molecular weight is 481 g/mol. The molecule has 0 radical (unpaired) electrons. The highest BCUT2D eigenvalue weighted by molar-refractivity contribution is 7.11. The number of amidine groups is 1. The number of methoxy groups -OCH3 is 4. The number of aliphatic hydroxyl groups excluding tert-OH is 1. The zero-order valence-corrected chi connectivity index (χ0v) is 20.0. The van der Waals surface area contributed by atoms with Gasteiger partial charge in [-0.15, -0.1) is 11.3 Å². The molecule has 10 heteroatoms. The molecule has 0 bridgehead atoms. The van der Waals surface area contributed by atoms with E-state index < -0.39 is 0 Å². The van der Waals surface area contributed by atoms with Crippen LogP contribution in [0.15, 0.2) is 52.6 Å². The van der Waals surface area contributed by atoms with Gasteiger partial charge in [-0.2, -0.15) is 5.10 Å². The first kappa shape index (κ1) is 23.1. The van der Waals surface area contributed by atoms with Crippen LogP contribution in [0, 0.1) is 5.41 Å². The Balaban J connectivity index is 1.54. The van der Waals surface area contributed by atoms with Crippen molar-refractivity contribution in [3.05, 3.63) is 58.1 Å². The summed E-state index contributed by atoms with van der Waals surface area (Å²) in [5, 5.41) is 27.4. The molecule has 3 aromatic rings. The third-order valence-corrected chi connectivity index (χ3v) is 6.08. The molecule has 1 aromatic heterocycles. The minimum absolute atomic E-state index is 0.0441. The molecule has 176 valence electrons. The van der Waals surface area contributed by atoms with Gasteiger partial charge in [-0.1, -0.05) is 0 Å². The highest BCUT2D eigenvalue weighted by atomic mass is 32.1. The zero-order chi connectivity index (χ0) is 24.2. The summed E-state index contributed by atoms with van der Waals surface area (Å²) >= 11 is 1.36. The van der Waals surface area contributed by atoms with E-state index in [2.05, 4.69) is 10.1 Å². The van der Waals surface area contributed by atoms with Gasteiger partial charge < -0.3 is 24.1 Å². The van der Waals surface area contributed by atoms with Gasteiger partial charge in [-0.3, -0.25) is 5.41 Å². The molecule has 9 nitrogen and oxygen atoms in total. The summed E-state index contributed by atoms with van der Waals surface area (Å²) < 4.78 is 21.3. The quantitative estimate of drug-likeness (QED) is 0.459. The third kappa shape index (κ3) is 4.40. The van der Waals surface area contributed by atoms with Crippen molar-refractivity contribution < 1.29 is 24.1 Å². The number of hydrogen-bond donors (Lipinski definition) is 2. The summed E-state index contributed by atoms with van der Waals surface area (Å²) in [5.74, 6) is 2.34. The highest BCUT2D eigenvalue weighted by Gasteiger charge is 2.30. The van der Waals surface area contributed by atoms with Crippen LogP contribution in [-0.2, 0) is 0 Å². The number of ether oxygens (including phenoxy) is 4. The number of hydrogen-bond acceptors (Lipinski definition) is 9. The Morgan fingerprint density at radius 1 is 1.03 bits per heavy atom. The number of nitrogens with zero attached hydrogens (tertiary/aromatic N) is 3. The van der Waals surface area contributed by atoms with Crippen LogP contribution in [0.5, 0.6) is 23.0 Å². The first-order chi connectivity index (χ1) is 16.5. The lowest BCUT2D eigenvalue weighted by atomic mass is 10.1. The van der Waals surface area contributed by atoms with E-state index >= 15 is 0 Å². The number of aromatic nitrogens is 1. The van der Waals surface area contributed by atoms with Crippen molar-refractivity contribution in [1.29, 1.82) is 5.41 Å². The fraction of sp³-hybridized carbons (Fsp3) is 0.208. The Hall–Kier alpha value is -4.05. The summed E-state index contributed by atoms with van der Waals surface area (Å²) in [7, 11) is 6.23. The molecule has 0 spiro atoms. The fourth-order valence-electron chi connectivity index (χ4n) is 3.48. The first-order valence-electron chi connectivity index (χ1n) is 10.2. The molecule has 0 aliphatic carbocycles. The van der Waals surface area contributed by atoms with E-state index in [9.17, 15) is 5.11 Å². The normalized spacial score (nSPS) is 13.6. The second-order valence-electron chi connectivity index (χ2n) is 7.20. The summed E-state index contributed by atoms with van der Waals surface area (Å²) in [4.78, 5) is 4.63. The molecule has 1 aliphatic heterocycles. The van der Waals surface area contributed by atoms with Crippen molar-refractivity contribution in [2.45, 2.75) is 0 Å². The van der Waals surface area contributed by atoms with E-state index in [-0.39, 0.29) is 18.1 Å². The number of nitrogens with one attached hydrogen (secondary N) is 1. The number of rotatable bonds is 8. The van der Waals surface area contributed by atoms with Crippen LogP contribution in [0.3, 0.4) is 0 Å². The first-order valence-corrected chi connectivity index (χ1v) is 11.1. The minimum atomic E-state index is 0.0441. The van der Waals surface area contributed by atoms with Gasteiger partial charge >= 0.3 is 0 Å². The van der Waals surface area contributed by atoms with Crippen molar-refractivity contribution in [3.8, 4) is 34.3 Å². The molecule has 34 heavy (non-hydrogen) atoms. The molecule has 0 saturated heterocycles. The summed E-state index contributed by atoms with van der Waals surface area (Å²) in [5.41, 5.74) is 2.73. The topological polar surface area (TPSA) is 109 Å². The lowest BCUT2D eigenvalue weighted by Gasteiger charge is -2.14. The monoisotopic (exact) mass is 480 g/mol. The predicted molar refractivity (Wildman–Crippen MR) is 132 cm³/mol. The molecule has 2 N–H and O–H groups in total. The van der Waals surface area contributed by atoms with E-state index in [1.807, 2.05) is 29.6 Å². The number of thiazole rings is 1. The van der Waals surface area contributed by atoms with Crippen molar-refractivity contribution in [2.24, 2.45) is 5.10 Å². The van der Waals surface area contributed by atoms with Crippen LogP contribution in [0.2, 0.25) is 0 Å². The van der Waals surface area contributed by atoms with E-state index in [0.29, 0.717) is 33.4 Å². The Kier molecular flexibility index (Phi) is 6.69. The molecule has 0 atom stereocenters. The van der Waals surface area contributed by atoms with Crippen LogP contribution in [0.25, 0.3) is 16.8 Å². The molecule has 0 unspecified atom stereocenters. The highest BCUT2D eigenvalue weighted by Crippen LogP contribution is 2.38. The van der Waals surface area contributed by atoms with Crippen LogP contribution in [-0.4, -0.2) is 62.1 Å². The van der Waals surface area contributed by atoms with Gasteiger partial charge in [-0.25, -0.2) is 9.99 Å². The maximum atomic E-state index is 10.6. The lowest BCUT2D eigenvalue weighted by Crippen LogP contribution is -2.20. The van der Waals surface area contributed by atoms with E-state index in [4.69, 9.17) is 24.4 Å². The van der Waals surface area contributed by atoms with Gasteiger partial charge in [-0.05, 0) is 36.4 Å². The Morgan fingerprint density at radius 3 is 2.29 bits per heavy atom. The minimum Gasteiger partial charge on any atom is -0.509 e. The maximum absolute atomic E-state index is 10.6. The summed E-state index contributed by atoms with van der Waals surface area (Å²) in [6.07, 6.45) is 1.57. The predicted octanol–water partition coefficient (Wildman–Crippen LogP) is 4.44. The lowest BCUT2D eigenvalue weighted by molar-refractivity contribution is 0.324. The van der Waals surface area contributed by atoms with Crippen LogP contribution >= 0.6 is 11.3 Å². The molecule has 2 aromatic carbocycles. The molecular formula is C24H24N4O5S. The Morgan fingerprint density at radius 2 is 1.71 bits per heavy atom. The molecule has 0 fully saturated rings. The summed E-state index contributed by atoms with van der Waals surface area (Å²) in [6, 6.07) is 11.1. The molecular weight excluding hydrogens is 456 g/mol.